The molecule has 6 nitrogen and oxygen atoms in total. The SMILES string of the molecule is Cc1ccc(C[C@@H]2CONC(c3cc4ccnn4cc3Oc3cccc(C4CC4)c3)=N2)c(C)c1. The van der Waals surface area contributed by atoms with Crippen molar-refractivity contribution in [1.29, 1.82) is 0 Å². The standard InChI is InChI=1S/C28H28N4O2/c1-18-6-7-21(19(2)12-18)13-23-17-33-31-28(30-23)26-15-24-10-11-29-32(24)16-27(26)34-25-5-3-4-22(14-25)20-8-9-20/h3-7,10-12,14-16,20,23H,8-9,13,17H2,1-2H3,(H,30,31)/t23-/m1/s1. The summed E-state index contributed by atoms with van der Waals surface area (Å²) in [6, 6.07) is 19.0. The van der Waals surface area contributed by atoms with E-state index in [0.29, 0.717) is 24.1 Å². The zero-order valence-electron chi connectivity index (χ0n) is 19.5. The molecule has 3 heterocycles. The third-order valence-electron chi connectivity index (χ3n) is 6.60. The van der Waals surface area contributed by atoms with Crippen LogP contribution < -0.4 is 10.2 Å². The van der Waals surface area contributed by atoms with E-state index in [0.717, 1.165) is 23.3 Å². The highest BCUT2D eigenvalue weighted by Gasteiger charge is 2.25. The number of nitrogens with zero attached hydrogens (tertiary/aromatic N) is 3. The summed E-state index contributed by atoms with van der Waals surface area (Å²) in [6.07, 6.45) is 7.03. The molecule has 1 aliphatic carbocycles. The van der Waals surface area contributed by atoms with E-state index in [-0.39, 0.29) is 6.04 Å². The van der Waals surface area contributed by atoms with Gasteiger partial charge in [0.1, 0.15) is 5.75 Å². The van der Waals surface area contributed by atoms with Crippen molar-refractivity contribution in [2.45, 2.75) is 45.1 Å². The molecular weight excluding hydrogens is 424 g/mol. The fourth-order valence-electron chi connectivity index (χ4n) is 4.60. The van der Waals surface area contributed by atoms with Gasteiger partial charge < -0.3 is 4.74 Å². The number of benzene rings is 2. The van der Waals surface area contributed by atoms with Crippen LogP contribution in [0.3, 0.4) is 0 Å². The second kappa shape index (κ2) is 8.61. The summed E-state index contributed by atoms with van der Waals surface area (Å²) in [5.41, 5.74) is 10.1. The average molecular weight is 453 g/mol. The van der Waals surface area contributed by atoms with Crippen molar-refractivity contribution < 1.29 is 9.57 Å². The van der Waals surface area contributed by atoms with Crippen molar-refractivity contribution in [2.75, 3.05) is 6.61 Å². The lowest BCUT2D eigenvalue weighted by Gasteiger charge is -2.24. The van der Waals surface area contributed by atoms with Gasteiger partial charge in [0, 0.05) is 6.20 Å². The maximum absolute atomic E-state index is 6.41. The number of ether oxygens (including phenoxy) is 1. The van der Waals surface area contributed by atoms with Crippen molar-refractivity contribution >= 4 is 11.4 Å². The third kappa shape index (κ3) is 4.29. The second-order valence-electron chi connectivity index (χ2n) is 9.38. The predicted molar refractivity (Wildman–Crippen MR) is 133 cm³/mol. The van der Waals surface area contributed by atoms with Crippen LogP contribution in [0.2, 0.25) is 0 Å². The predicted octanol–water partition coefficient (Wildman–Crippen LogP) is 5.51. The van der Waals surface area contributed by atoms with E-state index >= 15 is 0 Å². The molecule has 0 saturated heterocycles. The largest absolute Gasteiger partial charge is 0.455 e. The first-order valence-corrected chi connectivity index (χ1v) is 11.9. The summed E-state index contributed by atoms with van der Waals surface area (Å²) in [5, 5.41) is 4.40. The molecule has 4 aromatic rings. The number of pyridine rings is 1. The van der Waals surface area contributed by atoms with E-state index in [4.69, 9.17) is 14.6 Å². The van der Waals surface area contributed by atoms with Crippen molar-refractivity contribution in [3.63, 3.8) is 0 Å². The number of aliphatic imine (C=N–C) groups is 1. The smallest absolute Gasteiger partial charge is 0.156 e. The minimum Gasteiger partial charge on any atom is -0.455 e. The van der Waals surface area contributed by atoms with Gasteiger partial charge in [-0.2, -0.15) is 5.10 Å². The molecule has 1 aliphatic heterocycles. The first-order chi connectivity index (χ1) is 16.6. The highest BCUT2D eigenvalue weighted by atomic mass is 16.6. The van der Waals surface area contributed by atoms with Crippen molar-refractivity contribution in [2.24, 2.45) is 4.99 Å². The molecule has 2 aromatic carbocycles. The normalized spacial score (nSPS) is 17.9. The highest BCUT2D eigenvalue weighted by molar-refractivity contribution is 6.02. The van der Waals surface area contributed by atoms with E-state index in [1.807, 2.05) is 28.9 Å². The molecule has 2 aromatic heterocycles. The third-order valence-corrected chi connectivity index (χ3v) is 6.60. The maximum Gasteiger partial charge on any atom is 0.156 e. The summed E-state index contributed by atoms with van der Waals surface area (Å²) >= 11 is 0. The minimum atomic E-state index is 0.0184. The number of hydrogen-bond donors (Lipinski definition) is 1. The van der Waals surface area contributed by atoms with Crippen LogP contribution in [0.25, 0.3) is 5.52 Å². The first kappa shape index (κ1) is 20.9. The molecule has 2 aliphatic rings. The number of fused-ring (bicyclic) bond motifs is 1. The lowest BCUT2D eigenvalue weighted by Crippen LogP contribution is -2.37. The summed E-state index contributed by atoms with van der Waals surface area (Å²) < 4.78 is 8.23. The summed E-state index contributed by atoms with van der Waals surface area (Å²) in [5.74, 6) is 2.85. The van der Waals surface area contributed by atoms with Crippen LogP contribution in [0.4, 0.5) is 0 Å². The van der Waals surface area contributed by atoms with Crippen molar-refractivity contribution in [3.05, 3.63) is 94.8 Å². The van der Waals surface area contributed by atoms with Crippen LogP contribution >= 0.6 is 0 Å². The number of hydrogen-bond acceptors (Lipinski definition) is 5. The lowest BCUT2D eigenvalue weighted by molar-refractivity contribution is 0.0623. The van der Waals surface area contributed by atoms with Gasteiger partial charge in [-0.15, -0.1) is 0 Å². The fraction of sp³-hybridized carbons (Fsp3) is 0.286. The molecule has 172 valence electrons. The Labute approximate surface area is 199 Å². The molecule has 6 rings (SSSR count). The van der Waals surface area contributed by atoms with Gasteiger partial charge in [0.25, 0.3) is 0 Å². The Morgan fingerprint density at radius 1 is 1.09 bits per heavy atom. The molecule has 0 bridgehead atoms. The monoisotopic (exact) mass is 452 g/mol. The zero-order chi connectivity index (χ0) is 23.1. The molecular formula is C28H28N4O2. The Morgan fingerprint density at radius 3 is 2.85 bits per heavy atom. The Bertz CT molecular complexity index is 1390. The molecule has 1 saturated carbocycles. The maximum atomic E-state index is 6.41. The molecule has 0 amide bonds. The lowest BCUT2D eigenvalue weighted by atomic mass is 9.99. The van der Waals surface area contributed by atoms with Gasteiger partial charge in [-0.3, -0.25) is 9.83 Å². The number of hydroxylamine groups is 1. The van der Waals surface area contributed by atoms with Crippen LogP contribution in [0.15, 0.2) is 72.0 Å². The second-order valence-corrected chi connectivity index (χ2v) is 9.38. The molecule has 1 N–H and O–H groups in total. The molecule has 0 radical (unpaired) electrons. The minimum absolute atomic E-state index is 0.0184. The van der Waals surface area contributed by atoms with E-state index < -0.39 is 0 Å². The van der Waals surface area contributed by atoms with Gasteiger partial charge in [0.15, 0.2) is 11.6 Å². The summed E-state index contributed by atoms with van der Waals surface area (Å²) in [6.45, 7) is 4.80. The number of amidine groups is 1. The number of aromatic nitrogens is 2. The average Bonchev–Trinajstić information content (AvgIpc) is 3.59. The van der Waals surface area contributed by atoms with Gasteiger partial charge >= 0.3 is 0 Å². The highest BCUT2D eigenvalue weighted by Crippen LogP contribution is 2.41. The molecule has 34 heavy (non-hydrogen) atoms. The summed E-state index contributed by atoms with van der Waals surface area (Å²) in [4.78, 5) is 10.8. The number of nitrogens with one attached hydrogen (secondary N) is 1. The molecule has 6 heteroatoms. The Balaban J connectivity index is 1.34. The quantitative estimate of drug-likeness (QED) is 0.419. The Hall–Kier alpha value is -3.64. The fourth-order valence-corrected chi connectivity index (χ4v) is 4.60. The van der Waals surface area contributed by atoms with Crippen LogP contribution in [0, 0.1) is 13.8 Å². The topological polar surface area (TPSA) is 60.2 Å². The molecule has 0 spiro atoms. The first-order valence-electron chi connectivity index (χ1n) is 11.9. The zero-order valence-corrected chi connectivity index (χ0v) is 19.5. The van der Waals surface area contributed by atoms with Gasteiger partial charge in [-0.25, -0.2) is 10.00 Å². The van der Waals surface area contributed by atoms with E-state index in [2.05, 4.69) is 60.8 Å². The van der Waals surface area contributed by atoms with Crippen molar-refractivity contribution in [1.82, 2.24) is 15.1 Å². The van der Waals surface area contributed by atoms with Crippen LogP contribution in [-0.4, -0.2) is 28.1 Å². The Kier molecular flexibility index (Phi) is 5.30. The van der Waals surface area contributed by atoms with Gasteiger partial charge in [-0.1, -0.05) is 35.9 Å². The number of rotatable bonds is 6. The Morgan fingerprint density at radius 2 is 2.00 bits per heavy atom. The van der Waals surface area contributed by atoms with Crippen LogP contribution in [-0.2, 0) is 11.3 Å². The van der Waals surface area contributed by atoms with E-state index in [1.54, 1.807) is 6.20 Å². The van der Waals surface area contributed by atoms with E-state index in [1.165, 1.54) is 35.1 Å². The van der Waals surface area contributed by atoms with Crippen molar-refractivity contribution in [3.8, 4) is 11.5 Å². The van der Waals surface area contributed by atoms with Gasteiger partial charge in [0.05, 0.1) is 29.9 Å². The van der Waals surface area contributed by atoms with Crippen LogP contribution in [0.1, 0.15) is 46.6 Å². The van der Waals surface area contributed by atoms with Crippen LogP contribution in [0.5, 0.6) is 11.5 Å². The molecule has 1 fully saturated rings. The molecule has 1 atom stereocenters. The van der Waals surface area contributed by atoms with Gasteiger partial charge in [-0.05, 0) is 80.0 Å². The number of aryl methyl sites for hydroxylation is 2. The van der Waals surface area contributed by atoms with Gasteiger partial charge in [0.2, 0.25) is 0 Å². The molecule has 0 unspecified atom stereocenters. The van der Waals surface area contributed by atoms with E-state index in [9.17, 15) is 0 Å². The summed E-state index contributed by atoms with van der Waals surface area (Å²) in [7, 11) is 0.